The van der Waals surface area contributed by atoms with Gasteiger partial charge in [-0.1, -0.05) is 20.8 Å². The van der Waals surface area contributed by atoms with Crippen molar-refractivity contribution in [2.24, 2.45) is 11.7 Å². The molecule has 1 aliphatic rings. The zero-order valence-electron chi connectivity index (χ0n) is 10.2. The van der Waals surface area contributed by atoms with Crippen LogP contribution in [0.3, 0.4) is 0 Å². The second kappa shape index (κ2) is 4.63. The Morgan fingerprint density at radius 2 is 1.86 bits per heavy atom. The minimum absolute atomic E-state index is 0.268. The highest BCUT2D eigenvalue weighted by atomic mass is 15.3. The van der Waals surface area contributed by atoms with Gasteiger partial charge in [0.25, 0.3) is 0 Å². The molecule has 1 fully saturated rings. The van der Waals surface area contributed by atoms with Gasteiger partial charge in [0.1, 0.15) is 0 Å². The second-order valence-corrected chi connectivity index (χ2v) is 4.98. The highest BCUT2D eigenvalue weighted by molar-refractivity contribution is 4.96. The van der Waals surface area contributed by atoms with Crippen LogP contribution in [0, 0.1) is 5.92 Å². The first-order chi connectivity index (χ1) is 6.59. The largest absolute Gasteiger partial charge is 0.329 e. The van der Waals surface area contributed by atoms with Crippen LogP contribution < -0.4 is 5.73 Å². The molecule has 0 saturated carbocycles. The van der Waals surface area contributed by atoms with Crippen molar-refractivity contribution in [2.45, 2.75) is 58.5 Å². The van der Waals surface area contributed by atoms with E-state index >= 15 is 0 Å². The molecule has 0 radical (unpaired) electrons. The second-order valence-electron chi connectivity index (χ2n) is 4.98. The average Bonchev–Trinajstić information content (AvgIpc) is 2.51. The molecule has 0 aromatic heterocycles. The van der Waals surface area contributed by atoms with Crippen LogP contribution in [0.25, 0.3) is 0 Å². The molecular weight excluding hydrogens is 172 g/mol. The summed E-state index contributed by atoms with van der Waals surface area (Å²) in [4.78, 5) is 2.65. The minimum atomic E-state index is 0.268. The number of hydrogen-bond acceptors (Lipinski definition) is 2. The van der Waals surface area contributed by atoms with Gasteiger partial charge in [-0.05, 0) is 32.1 Å². The van der Waals surface area contributed by atoms with Gasteiger partial charge >= 0.3 is 0 Å². The van der Waals surface area contributed by atoms with Crippen LogP contribution in [0.2, 0.25) is 0 Å². The monoisotopic (exact) mass is 198 g/mol. The summed E-state index contributed by atoms with van der Waals surface area (Å²) in [5, 5.41) is 0. The van der Waals surface area contributed by atoms with Crippen molar-refractivity contribution in [1.82, 2.24) is 4.90 Å². The topological polar surface area (TPSA) is 29.3 Å². The van der Waals surface area contributed by atoms with E-state index in [2.05, 4.69) is 32.6 Å². The van der Waals surface area contributed by atoms with Crippen LogP contribution in [0.4, 0.5) is 0 Å². The quantitative estimate of drug-likeness (QED) is 0.750. The van der Waals surface area contributed by atoms with E-state index in [0.29, 0.717) is 6.04 Å². The Labute approximate surface area is 88.8 Å². The lowest BCUT2D eigenvalue weighted by atomic mass is 9.90. The maximum absolute atomic E-state index is 5.97. The SMILES string of the molecule is CCC(CC)(CN)N1CC(C)CC1C. The molecule has 2 unspecified atom stereocenters. The Morgan fingerprint density at radius 3 is 2.14 bits per heavy atom. The van der Waals surface area contributed by atoms with Crippen LogP contribution in [-0.2, 0) is 0 Å². The van der Waals surface area contributed by atoms with Gasteiger partial charge in [-0.2, -0.15) is 0 Å². The fourth-order valence-electron chi connectivity index (χ4n) is 3.02. The summed E-state index contributed by atoms with van der Waals surface area (Å²) >= 11 is 0. The van der Waals surface area contributed by atoms with E-state index in [1.165, 1.54) is 25.8 Å². The first kappa shape index (κ1) is 12.0. The summed E-state index contributed by atoms with van der Waals surface area (Å²) < 4.78 is 0. The van der Waals surface area contributed by atoms with E-state index < -0.39 is 0 Å². The molecule has 0 bridgehead atoms. The molecule has 84 valence electrons. The Bertz CT molecular complexity index is 167. The maximum atomic E-state index is 5.97. The molecule has 0 aromatic rings. The maximum Gasteiger partial charge on any atom is 0.0329 e. The molecule has 2 N–H and O–H groups in total. The molecule has 2 heteroatoms. The standard InChI is InChI=1S/C12H26N2/c1-5-12(6-2,9-13)14-8-10(3)7-11(14)4/h10-11H,5-9,13H2,1-4H3. The number of rotatable bonds is 4. The molecule has 2 nitrogen and oxygen atoms in total. The first-order valence-corrected chi connectivity index (χ1v) is 6.06. The molecule has 0 aliphatic carbocycles. The van der Waals surface area contributed by atoms with Gasteiger partial charge < -0.3 is 5.73 Å². The van der Waals surface area contributed by atoms with Crippen LogP contribution in [0.5, 0.6) is 0 Å². The van der Waals surface area contributed by atoms with Crippen LogP contribution >= 0.6 is 0 Å². The third kappa shape index (κ3) is 1.96. The van der Waals surface area contributed by atoms with Crippen molar-refractivity contribution in [1.29, 1.82) is 0 Å². The number of hydrogen-bond donors (Lipinski definition) is 1. The van der Waals surface area contributed by atoms with E-state index in [1.807, 2.05) is 0 Å². The molecule has 1 heterocycles. The summed E-state index contributed by atoms with van der Waals surface area (Å²) in [5.41, 5.74) is 6.24. The Kier molecular flexibility index (Phi) is 3.96. The number of nitrogens with two attached hydrogens (primary N) is 1. The smallest absolute Gasteiger partial charge is 0.0329 e. The third-order valence-electron chi connectivity index (χ3n) is 4.09. The normalized spacial score (nSPS) is 29.8. The fourth-order valence-corrected chi connectivity index (χ4v) is 3.02. The lowest BCUT2D eigenvalue weighted by Gasteiger charge is -2.43. The van der Waals surface area contributed by atoms with Gasteiger partial charge in [-0.15, -0.1) is 0 Å². The van der Waals surface area contributed by atoms with E-state index in [4.69, 9.17) is 5.73 Å². The summed E-state index contributed by atoms with van der Waals surface area (Å²) in [5.74, 6) is 0.842. The minimum Gasteiger partial charge on any atom is -0.329 e. The van der Waals surface area contributed by atoms with Crippen LogP contribution in [0.1, 0.15) is 47.0 Å². The first-order valence-electron chi connectivity index (χ1n) is 6.06. The Morgan fingerprint density at radius 1 is 1.29 bits per heavy atom. The highest BCUT2D eigenvalue weighted by Gasteiger charge is 2.39. The molecule has 0 spiro atoms. The van der Waals surface area contributed by atoms with Gasteiger partial charge in [0, 0.05) is 24.7 Å². The van der Waals surface area contributed by atoms with Gasteiger partial charge in [-0.3, -0.25) is 4.90 Å². The van der Waals surface area contributed by atoms with Crippen molar-refractivity contribution in [3.63, 3.8) is 0 Å². The van der Waals surface area contributed by atoms with Gasteiger partial charge in [0.15, 0.2) is 0 Å². The van der Waals surface area contributed by atoms with Crippen molar-refractivity contribution in [2.75, 3.05) is 13.1 Å². The Balaban J connectivity index is 2.78. The third-order valence-corrected chi connectivity index (χ3v) is 4.09. The average molecular weight is 198 g/mol. The molecule has 14 heavy (non-hydrogen) atoms. The van der Waals surface area contributed by atoms with Gasteiger partial charge in [0.2, 0.25) is 0 Å². The molecular formula is C12H26N2. The predicted octanol–water partition coefficient (Wildman–Crippen LogP) is 2.23. The van der Waals surface area contributed by atoms with Crippen molar-refractivity contribution >= 4 is 0 Å². The summed E-state index contributed by atoms with van der Waals surface area (Å²) in [7, 11) is 0. The predicted molar refractivity (Wildman–Crippen MR) is 62.3 cm³/mol. The van der Waals surface area contributed by atoms with Crippen molar-refractivity contribution in [3.8, 4) is 0 Å². The van der Waals surface area contributed by atoms with Crippen LogP contribution in [-0.4, -0.2) is 29.6 Å². The molecule has 1 rings (SSSR count). The van der Waals surface area contributed by atoms with Crippen LogP contribution in [0.15, 0.2) is 0 Å². The molecule has 2 atom stereocenters. The van der Waals surface area contributed by atoms with E-state index in [1.54, 1.807) is 0 Å². The Hall–Kier alpha value is -0.0800. The number of nitrogens with zero attached hydrogens (tertiary/aromatic N) is 1. The van der Waals surface area contributed by atoms with E-state index in [-0.39, 0.29) is 5.54 Å². The lowest BCUT2D eigenvalue weighted by Crippen LogP contribution is -2.54. The van der Waals surface area contributed by atoms with E-state index in [9.17, 15) is 0 Å². The van der Waals surface area contributed by atoms with Gasteiger partial charge in [0.05, 0.1) is 0 Å². The number of likely N-dealkylation sites (tertiary alicyclic amines) is 1. The van der Waals surface area contributed by atoms with Crippen molar-refractivity contribution < 1.29 is 0 Å². The summed E-state index contributed by atoms with van der Waals surface area (Å²) in [6.07, 6.45) is 3.69. The zero-order valence-corrected chi connectivity index (χ0v) is 10.2. The lowest BCUT2D eigenvalue weighted by molar-refractivity contribution is 0.0764. The fraction of sp³-hybridized carbons (Fsp3) is 1.00. The van der Waals surface area contributed by atoms with Crippen molar-refractivity contribution in [3.05, 3.63) is 0 Å². The highest BCUT2D eigenvalue weighted by Crippen LogP contribution is 2.33. The summed E-state index contributed by atoms with van der Waals surface area (Å²) in [6.45, 7) is 11.3. The summed E-state index contributed by atoms with van der Waals surface area (Å²) in [6, 6.07) is 0.716. The van der Waals surface area contributed by atoms with Gasteiger partial charge in [-0.25, -0.2) is 0 Å². The molecule has 0 aromatic carbocycles. The molecule has 1 saturated heterocycles. The van der Waals surface area contributed by atoms with E-state index in [0.717, 1.165) is 12.5 Å². The molecule has 0 amide bonds. The zero-order chi connectivity index (χ0) is 10.8. The molecule has 1 aliphatic heterocycles.